The van der Waals surface area contributed by atoms with E-state index in [1.54, 1.807) is 22.7 Å². The lowest BCUT2D eigenvalue weighted by molar-refractivity contribution is 0.185. The topological polar surface area (TPSA) is 28.2 Å². The predicted molar refractivity (Wildman–Crippen MR) is 86.0 cm³/mol. The van der Waals surface area contributed by atoms with Crippen molar-refractivity contribution in [2.24, 2.45) is 0 Å². The molecule has 1 atom stereocenters. The summed E-state index contributed by atoms with van der Waals surface area (Å²) in [5.41, 5.74) is 1.11. The van der Waals surface area contributed by atoms with Crippen molar-refractivity contribution >= 4 is 38.6 Å². The van der Waals surface area contributed by atoms with E-state index in [1.165, 1.54) is 9.88 Å². The summed E-state index contributed by atoms with van der Waals surface area (Å²) >= 11 is 7.01. The largest absolute Gasteiger partial charge is 0.314 e. The highest BCUT2D eigenvalue weighted by Gasteiger charge is 2.20. The van der Waals surface area contributed by atoms with Crippen LogP contribution in [0.2, 0.25) is 0 Å². The summed E-state index contributed by atoms with van der Waals surface area (Å²) in [6, 6.07) is 2.56. The molecule has 1 N–H and O–H groups in total. The van der Waals surface area contributed by atoms with Gasteiger partial charge in [-0.25, -0.2) is 4.98 Å². The fraction of sp³-hybridized carbons (Fsp3) is 0.462. The first-order chi connectivity index (χ1) is 9.24. The van der Waals surface area contributed by atoms with Gasteiger partial charge in [0.1, 0.15) is 5.01 Å². The van der Waals surface area contributed by atoms with Crippen LogP contribution in [0.4, 0.5) is 0 Å². The number of nitrogens with one attached hydrogen (secondary N) is 1. The summed E-state index contributed by atoms with van der Waals surface area (Å²) in [5, 5.41) is 8.89. The molecule has 102 valence electrons. The third-order valence-corrected chi connectivity index (χ3v) is 6.13. The van der Waals surface area contributed by atoms with Crippen LogP contribution in [-0.4, -0.2) is 36.1 Å². The second-order valence-corrected chi connectivity index (χ2v) is 7.38. The minimum Gasteiger partial charge on any atom is -0.314 e. The van der Waals surface area contributed by atoms with Crippen molar-refractivity contribution in [1.29, 1.82) is 0 Å². The molecule has 6 heteroatoms. The molecule has 19 heavy (non-hydrogen) atoms. The number of nitrogens with zero attached hydrogens (tertiary/aromatic N) is 2. The minimum absolute atomic E-state index is 0.421. The molecule has 1 unspecified atom stereocenters. The molecule has 3 heterocycles. The number of piperazine rings is 1. The third kappa shape index (κ3) is 3.08. The standard InChI is InChI=1S/C13H16BrN3S2/c1-9(17-4-2-15-3-5-17)13-16-11(8-19-13)12-6-10(14)7-18-12/h6-9,15H,2-5H2,1H3. The number of halogens is 1. The summed E-state index contributed by atoms with van der Waals surface area (Å²) in [6.07, 6.45) is 0. The van der Waals surface area contributed by atoms with Gasteiger partial charge in [0.25, 0.3) is 0 Å². The number of thiazole rings is 1. The highest BCUT2D eigenvalue weighted by atomic mass is 79.9. The molecule has 2 aromatic rings. The van der Waals surface area contributed by atoms with E-state index >= 15 is 0 Å². The predicted octanol–water partition coefficient (Wildman–Crippen LogP) is 3.60. The average Bonchev–Trinajstić information content (AvgIpc) is 3.07. The second-order valence-electron chi connectivity index (χ2n) is 4.66. The van der Waals surface area contributed by atoms with E-state index in [1.807, 2.05) is 0 Å². The maximum absolute atomic E-state index is 4.81. The van der Waals surface area contributed by atoms with Crippen LogP contribution in [0.25, 0.3) is 10.6 Å². The molecule has 1 aliphatic rings. The Morgan fingerprint density at radius 3 is 2.79 bits per heavy atom. The van der Waals surface area contributed by atoms with Gasteiger partial charge in [0.15, 0.2) is 0 Å². The second kappa shape index (κ2) is 6.01. The van der Waals surface area contributed by atoms with Crippen molar-refractivity contribution in [3.8, 4) is 10.6 Å². The van der Waals surface area contributed by atoms with Crippen molar-refractivity contribution < 1.29 is 0 Å². The first-order valence-corrected chi connectivity index (χ1v) is 8.94. The van der Waals surface area contributed by atoms with E-state index in [4.69, 9.17) is 4.98 Å². The Morgan fingerprint density at radius 1 is 1.32 bits per heavy atom. The number of thiophene rings is 1. The fourth-order valence-electron chi connectivity index (χ4n) is 2.27. The van der Waals surface area contributed by atoms with Crippen LogP contribution in [0, 0.1) is 0 Å². The molecule has 1 saturated heterocycles. The molecule has 0 saturated carbocycles. The van der Waals surface area contributed by atoms with Gasteiger partial charge in [0.2, 0.25) is 0 Å². The summed E-state index contributed by atoms with van der Waals surface area (Å²) in [4.78, 5) is 8.56. The van der Waals surface area contributed by atoms with Gasteiger partial charge in [0.05, 0.1) is 16.6 Å². The van der Waals surface area contributed by atoms with Crippen molar-refractivity contribution in [2.45, 2.75) is 13.0 Å². The van der Waals surface area contributed by atoms with Gasteiger partial charge in [-0.15, -0.1) is 22.7 Å². The maximum atomic E-state index is 4.81. The lowest BCUT2D eigenvalue weighted by Crippen LogP contribution is -2.44. The first-order valence-electron chi connectivity index (χ1n) is 6.38. The number of rotatable bonds is 3. The normalized spacial score (nSPS) is 18.6. The molecule has 0 aliphatic carbocycles. The zero-order valence-corrected chi connectivity index (χ0v) is 13.9. The lowest BCUT2D eigenvalue weighted by Gasteiger charge is -2.31. The Balaban J connectivity index is 1.76. The molecular weight excluding hydrogens is 342 g/mol. The van der Waals surface area contributed by atoms with Crippen molar-refractivity contribution in [3.63, 3.8) is 0 Å². The highest BCUT2D eigenvalue weighted by Crippen LogP contribution is 2.33. The minimum atomic E-state index is 0.421. The Labute approximate surface area is 129 Å². The lowest BCUT2D eigenvalue weighted by atomic mass is 10.2. The van der Waals surface area contributed by atoms with Gasteiger partial charge >= 0.3 is 0 Å². The van der Waals surface area contributed by atoms with Gasteiger partial charge in [-0.1, -0.05) is 0 Å². The summed E-state index contributed by atoms with van der Waals surface area (Å²) in [7, 11) is 0. The summed E-state index contributed by atoms with van der Waals surface area (Å²) in [6.45, 7) is 6.65. The van der Waals surface area contributed by atoms with Crippen LogP contribution in [0.3, 0.4) is 0 Å². The van der Waals surface area contributed by atoms with Gasteiger partial charge in [-0.3, -0.25) is 4.90 Å². The van der Waals surface area contributed by atoms with Crippen LogP contribution in [0.5, 0.6) is 0 Å². The SMILES string of the molecule is CC(c1nc(-c2cc(Br)cs2)cs1)N1CCNCC1. The zero-order valence-electron chi connectivity index (χ0n) is 10.7. The molecular formula is C13H16BrN3S2. The van der Waals surface area contributed by atoms with Crippen LogP contribution >= 0.6 is 38.6 Å². The molecule has 0 aromatic carbocycles. The Hall–Kier alpha value is -0.270. The molecule has 1 aliphatic heterocycles. The van der Waals surface area contributed by atoms with Crippen molar-refractivity contribution in [2.75, 3.05) is 26.2 Å². The van der Waals surface area contributed by atoms with Crippen molar-refractivity contribution in [1.82, 2.24) is 15.2 Å². The molecule has 0 spiro atoms. The van der Waals surface area contributed by atoms with E-state index in [2.05, 4.69) is 49.9 Å². The quantitative estimate of drug-likeness (QED) is 0.909. The van der Waals surface area contributed by atoms with Crippen LogP contribution in [0.15, 0.2) is 21.3 Å². The van der Waals surface area contributed by atoms with Crippen LogP contribution in [-0.2, 0) is 0 Å². The van der Waals surface area contributed by atoms with Gasteiger partial charge < -0.3 is 5.32 Å². The van der Waals surface area contributed by atoms with Gasteiger partial charge in [0, 0.05) is 41.4 Å². The van der Waals surface area contributed by atoms with E-state index in [-0.39, 0.29) is 0 Å². The Morgan fingerprint density at radius 2 is 2.11 bits per heavy atom. The number of aromatic nitrogens is 1. The van der Waals surface area contributed by atoms with Gasteiger partial charge in [-0.2, -0.15) is 0 Å². The summed E-state index contributed by atoms with van der Waals surface area (Å²) < 4.78 is 1.14. The van der Waals surface area contributed by atoms with Crippen LogP contribution in [0.1, 0.15) is 18.0 Å². The Bertz CT molecular complexity index is 546. The van der Waals surface area contributed by atoms with E-state index < -0.39 is 0 Å². The molecule has 0 radical (unpaired) electrons. The zero-order chi connectivity index (χ0) is 13.2. The fourth-order valence-corrected chi connectivity index (χ4v) is 4.64. The monoisotopic (exact) mass is 357 g/mol. The third-order valence-electron chi connectivity index (χ3n) is 3.40. The first kappa shape index (κ1) is 13.7. The molecule has 0 bridgehead atoms. The molecule has 3 rings (SSSR count). The van der Waals surface area contributed by atoms with Crippen LogP contribution < -0.4 is 5.32 Å². The average molecular weight is 358 g/mol. The smallest absolute Gasteiger partial charge is 0.110 e. The number of hydrogen-bond donors (Lipinski definition) is 1. The number of hydrogen-bond acceptors (Lipinski definition) is 5. The van der Waals surface area contributed by atoms with E-state index in [0.717, 1.165) is 36.3 Å². The molecule has 1 fully saturated rings. The van der Waals surface area contributed by atoms with E-state index in [9.17, 15) is 0 Å². The van der Waals surface area contributed by atoms with E-state index in [0.29, 0.717) is 6.04 Å². The maximum Gasteiger partial charge on any atom is 0.110 e. The Kier molecular flexibility index (Phi) is 4.34. The highest BCUT2D eigenvalue weighted by molar-refractivity contribution is 9.10. The molecule has 3 nitrogen and oxygen atoms in total. The summed E-state index contributed by atoms with van der Waals surface area (Å²) in [5.74, 6) is 0. The molecule has 0 amide bonds. The van der Waals surface area contributed by atoms with Gasteiger partial charge in [-0.05, 0) is 28.9 Å². The molecule has 2 aromatic heterocycles. The van der Waals surface area contributed by atoms with Crippen molar-refractivity contribution in [3.05, 3.63) is 26.3 Å².